The van der Waals surface area contributed by atoms with Crippen LogP contribution < -0.4 is 10.2 Å². The van der Waals surface area contributed by atoms with Crippen molar-refractivity contribution in [2.45, 2.75) is 52.5 Å². The molecule has 2 aliphatic heterocycles. The summed E-state index contributed by atoms with van der Waals surface area (Å²) in [6, 6.07) is 5.87. The number of likely N-dealkylation sites (tertiary alicyclic amines) is 1. The van der Waals surface area contributed by atoms with E-state index in [1.54, 1.807) is 4.90 Å². The molecule has 6 nitrogen and oxygen atoms in total. The second-order valence-corrected chi connectivity index (χ2v) is 9.45. The van der Waals surface area contributed by atoms with Gasteiger partial charge in [-0.15, -0.1) is 0 Å². The summed E-state index contributed by atoms with van der Waals surface area (Å²) >= 11 is 3.48. The number of anilines is 1. The summed E-state index contributed by atoms with van der Waals surface area (Å²) in [7, 11) is 0. The van der Waals surface area contributed by atoms with Gasteiger partial charge in [0.05, 0.1) is 5.92 Å². The molecule has 1 aromatic rings. The number of rotatable bonds is 5. The molecule has 7 heteroatoms. The first-order chi connectivity index (χ1) is 13.7. The molecular weight excluding hydrogens is 434 g/mol. The van der Waals surface area contributed by atoms with Crippen LogP contribution in [0.3, 0.4) is 0 Å². The molecule has 0 saturated carbocycles. The second kappa shape index (κ2) is 9.28. The Morgan fingerprint density at radius 2 is 1.93 bits per heavy atom. The van der Waals surface area contributed by atoms with Gasteiger partial charge in [0.25, 0.3) is 0 Å². The van der Waals surface area contributed by atoms with E-state index in [-0.39, 0.29) is 36.1 Å². The molecule has 1 N–H and O–H groups in total. The average molecular weight is 464 g/mol. The van der Waals surface area contributed by atoms with Crippen molar-refractivity contribution in [2.75, 3.05) is 24.5 Å². The first-order valence-electron chi connectivity index (χ1n) is 10.4. The van der Waals surface area contributed by atoms with Gasteiger partial charge in [0.15, 0.2) is 0 Å². The van der Waals surface area contributed by atoms with E-state index in [2.05, 4.69) is 21.2 Å². The lowest BCUT2D eigenvalue weighted by atomic mass is 10.0. The number of piperidine rings is 1. The van der Waals surface area contributed by atoms with Crippen molar-refractivity contribution < 1.29 is 14.4 Å². The maximum atomic E-state index is 12.7. The number of aryl methyl sites for hydroxylation is 1. The largest absolute Gasteiger partial charge is 0.353 e. The highest BCUT2D eigenvalue weighted by atomic mass is 79.9. The minimum absolute atomic E-state index is 0.0130. The number of nitrogens with one attached hydrogen (secondary N) is 1. The molecule has 1 aromatic carbocycles. The zero-order chi connectivity index (χ0) is 21.1. The quantitative estimate of drug-likeness (QED) is 0.728. The fraction of sp³-hybridized carbons (Fsp3) is 0.591. The van der Waals surface area contributed by atoms with Crippen LogP contribution in [0.1, 0.15) is 45.1 Å². The van der Waals surface area contributed by atoms with Crippen LogP contribution >= 0.6 is 15.9 Å². The monoisotopic (exact) mass is 463 g/mol. The van der Waals surface area contributed by atoms with Crippen LogP contribution in [0, 0.1) is 18.8 Å². The van der Waals surface area contributed by atoms with E-state index in [0.29, 0.717) is 32.0 Å². The molecule has 29 heavy (non-hydrogen) atoms. The third-order valence-electron chi connectivity index (χ3n) is 5.73. The zero-order valence-electron chi connectivity index (χ0n) is 17.4. The van der Waals surface area contributed by atoms with Gasteiger partial charge in [0.1, 0.15) is 0 Å². The summed E-state index contributed by atoms with van der Waals surface area (Å²) in [6.07, 6.45) is 2.36. The lowest BCUT2D eigenvalue weighted by Crippen LogP contribution is -2.48. The van der Waals surface area contributed by atoms with Crippen LogP contribution in [0.2, 0.25) is 0 Å². The van der Waals surface area contributed by atoms with Gasteiger partial charge in [0.2, 0.25) is 17.7 Å². The summed E-state index contributed by atoms with van der Waals surface area (Å²) in [6.45, 7) is 7.86. The summed E-state index contributed by atoms with van der Waals surface area (Å²) in [5.74, 6) is 0.165. The van der Waals surface area contributed by atoms with Gasteiger partial charge < -0.3 is 15.1 Å². The van der Waals surface area contributed by atoms with Crippen molar-refractivity contribution in [3.8, 4) is 0 Å². The third kappa shape index (κ3) is 5.38. The molecule has 0 spiro atoms. The molecule has 2 fully saturated rings. The van der Waals surface area contributed by atoms with Crippen LogP contribution in [0.25, 0.3) is 0 Å². The second-order valence-electron chi connectivity index (χ2n) is 8.60. The van der Waals surface area contributed by atoms with Crippen molar-refractivity contribution in [3.05, 3.63) is 28.2 Å². The van der Waals surface area contributed by atoms with Gasteiger partial charge in [-0.3, -0.25) is 14.4 Å². The average Bonchev–Trinajstić information content (AvgIpc) is 3.06. The number of nitrogens with zero attached hydrogens (tertiary/aromatic N) is 2. The number of halogens is 1. The molecule has 2 saturated heterocycles. The van der Waals surface area contributed by atoms with E-state index in [4.69, 9.17) is 0 Å². The molecule has 1 atom stereocenters. The molecule has 0 radical (unpaired) electrons. The summed E-state index contributed by atoms with van der Waals surface area (Å²) < 4.78 is 1.00. The lowest BCUT2D eigenvalue weighted by Gasteiger charge is -2.33. The molecule has 2 heterocycles. The minimum atomic E-state index is -0.327. The van der Waals surface area contributed by atoms with E-state index in [0.717, 1.165) is 28.6 Å². The number of carbonyl (C=O) groups excluding carboxylic acids is 3. The van der Waals surface area contributed by atoms with Gasteiger partial charge in [0, 0.05) is 48.7 Å². The fourth-order valence-corrected chi connectivity index (χ4v) is 4.25. The van der Waals surface area contributed by atoms with Gasteiger partial charge in [-0.1, -0.05) is 29.8 Å². The predicted molar refractivity (Wildman–Crippen MR) is 117 cm³/mol. The lowest BCUT2D eigenvalue weighted by molar-refractivity contribution is -0.133. The Morgan fingerprint density at radius 1 is 1.24 bits per heavy atom. The Labute approximate surface area is 181 Å². The van der Waals surface area contributed by atoms with E-state index < -0.39 is 0 Å². The zero-order valence-corrected chi connectivity index (χ0v) is 19.0. The highest BCUT2D eigenvalue weighted by Crippen LogP contribution is 2.29. The van der Waals surface area contributed by atoms with Crippen molar-refractivity contribution >= 4 is 39.3 Å². The Hall–Kier alpha value is -1.89. The van der Waals surface area contributed by atoms with Gasteiger partial charge in [-0.05, 0) is 49.4 Å². The van der Waals surface area contributed by atoms with Crippen LogP contribution in [0.4, 0.5) is 5.69 Å². The minimum Gasteiger partial charge on any atom is -0.353 e. The Balaban J connectivity index is 1.51. The van der Waals surface area contributed by atoms with E-state index in [1.165, 1.54) is 0 Å². The van der Waals surface area contributed by atoms with Crippen LogP contribution in [0.15, 0.2) is 22.7 Å². The SMILES string of the molecule is Cc1cc(N2CC(C(=O)NC3CCN(C(=O)CC(C)C)CC3)CC2=O)ccc1Br. The van der Waals surface area contributed by atoms with Crippen LogP contribution in [0.5, 0.6) is 0 Å². The molecule has 0 bridgehead atoms. The van der Waals surface area contributed by atoms with E-state index in [1.807, 2.05) is 43.9 Å². The molecule has 1 unspecified atom stereocenters. The van der Waals surface area contributed by atoms with Crippen molar-refractivity contribution in [3.63, 3.8) is 0 Å². The van der Waals surface area contributed by atoms with Crippen molar-refractivity contribution in [1.82, 2.24) is 10.2 Å². The van der Waals surface area contributed by atoms with Crippen LogP contribution in [-0.4, -0.2) is 48.3 Å². The summed E-state index contributed by atoms with van der Waals surface area (Å²) in [4.78, 5) is 41.0. The maximum absolute atomic E-state index is 12.7. The normalized spacial score (nSPS) is 20.4. The van der Waals surface area contributed by atoms with Crippen LogP contribution in [-0.2, 0) is 14.4 Å². The number of carbonyl (C=O) groups is 3. The Kier molecular flexibility index (Phi) is 6.98. The highest BCUT2D eigenvalue weighted by molar-refractivity contribution is 9.10. The fourth-order valence-electron chi connectivity index (χ4n) is 4.00. The standard InChI is InChI=1S/C22H30BrN3O3/c1-14(2)10-20(27)25-8-6-17(7-9-25)24-22(29)16-12-21(28)26(13-16)18-4-5-19(23)15(3)11-18/h4-5,11,14,16-17H,6-10,12-13H2,1-3H3,(H,24,29). The topological polar surface area (TPSA) is 69.7 Å². The summed E-state index contributed by atoms with van der Waals surface area (Å²) in [5.41, 5.74) is 1.89. The molecule has 0 aliphatic carbocycles. The smallest absolute Gasteiger partial charge is 0.227 e. The molecule has 158 valence electrons. The predicted octanol–water partition coefficient (Wildman–Crippen LogP) is 3.26. The Bertz CT molecular complexity index is 788. The number of benzene rings is 1. The first kappa shape index (κ1) is 21.8. The molecule has 0 aromatic heterocycles. The first-order valence-corrected chi connectivity index (χ1v) is 11.2. The van der Waals surface area contributed by atoms with E-state index in [9.17, 15) is 14.4 Å². The number of hydrogen-bond acceptors (Lipinski definition) is 3. The number of hydrogen-bond donors (Lipinski definition) is 1. The van der Waals surface area contributed by atoms with Gasteiger partial charge in [-0.25, -0.2) is 0 Å². The van der Waals surface area contributed by atoms with Crippen molar-refractivity contribution in [2.24, 2.45) is 11.8 Å². The highest BCUT2D eigenvalue weighted by Gasteiger charge is 2.36. The molecule has 2 aliphatic rings. The maximum Gasteiger partial charge on any atom is 0.227 e. The number of amides is 3. The van der Waals surface area contributed by atoms with Gasteiger partial charge in [-0.2, -0.15) is 0 Å². The molecular formula is C22H30BrN3O3. The molecule has 3 amide bonds. The van der Waals surface area contributed by atoms with E-state index >= 15 is 0 Å². The van der Waals surface area contributed by atoms with Crippen molar-refractivity contribution in [1.29, 1.82) is 0 Å². The Morgan fingerprint density at radius 3 is 2.55 bits per heavy atom. The summed E-state index contributed by atoms with van der Waals surface area (Å²) in [5, 5.41) is 3.11. The molecule has 3 rings (SSSR count). The van der Waals surface area contributed by atoms with Gasteiger partial charge >= 0.3 is 0 Å². The third-order valence-corrected chi connectivity index (χ3v) is 6.62.